The summed E-state index contributed by atoms with van der Waals surface area (Å²) in [6.07, 6.45) is 4.67. The van der Waals surface area contributed by atoms with Crippen molar-refractivity contribution in [3.63, 3.8) is 0 Å². The van der Waals surface area contributed by atoms with Gasteiger partial charge >= 0.3 is 0 Å². The van der Waals surface area contributed by atoms with Crippen LogP contribution in [0.3, 0.4) is 0 Å². The van der Waals surface area contributed by atoms with Gasteiger partial charge in [-0.3, -0.25) is 9.36 Å². The largest absolute Gasteiger partial charge is 0.467 e. The zero-order valence-corrected chi connectivity index (χ0v) is 12.5. The fourth-order valence-corrected chi connectivity index (χ4v) is 2.51. The Morgan fingerprint density at radius 2 is 2.00 bits per heavy atom. The van der Waals surface area contributed by atoms with Gasteiger partial charge in [-0.25, -0.2) is 9.67 Å². The number of rotatable bonds is 3. The highest BCUT2D eigenvalue weighted by atomic mass is 16.3. The van der Waals surface area contributed by atoms with E-state index in [0.717, 1.165) is 5.69 Å². The predicted octanol–water partition coefficient (Wildman–Crippen LogP) is 2.53. The maximum Gasteiger partial charge on any atom is 0.264 e. The van der Waals surface area contributed by atoms with E-state index >= 15 is 0 Å². The zero-order valence-electron chi connectivity index (χ0n) is 12.5. The van der Waals surface area contributed by atoms with Crippen LogP contribution >= 0.6 is 0 Å². The van der Waals surface area contributed by atoms with E-state index < -0.39 is 0 Å². The molecule has 114 valence electrons. The monoisotopic (exact) mass is 306 g/mol. The molecule has 0 aliphatic rings. The number of benzene rings is 1. The Morgan fingerprint density at radius 3 is 2.74 bits per heavy atom. The molecule has 0 fully saturated rings. The van der Waals surface area contributed by atoms with Gasteiger partial charge in [0.2, 0.25) is 0 Å². The number of hydrogen-bond acceptors (Lipinski definition) is 4. The van der Waals surface area contributed by atoms with E-state index in [-0.39, 0.29) is 5.56 Å². The minimum absolute atomic E-state index is 0.134. The first-order valence-electron chi connectivity index (χ1n) is 7.25. The van der Waals surface area contributed by atoms with Gasteiger partial charge in [-0.05, 0) is 31.2 Å². The van der Waals surface area contributed by atoms with E-state index in [1.54, 1.807) is 23.2 Å². The minimum Gasteiger partial charge on any atom is -0.467 e. The van der Waals surface area contributed by atoms with Gasteiger partial charge < -0.3 is 4.42 Å². The van der Waals surface area contributed by atoms with Crippen LogP contribution in [0.5, 0.6) is 0 Å². The second kappa shape index (κ2) is 5.24. The molecule has 4 rings (SSSR count). The van der Waals surface area contributed by atoms with E-state index in [1.807, 2.05) is 37.3 Å². The molecule has 1 aromatic carbocycles. The van der Waals surface area contributed by atoms with Gasteiger partial charge in [0.1, 0.15) is 17.5 Å². The summed E-state index contributed by atoms with van der Waals surface area (Å²) in [6.45, 7) is 2.38. The summed E-state index contributed by atoms with van der Waals surface area (Å²) >= 11 is 0. The van der Waals surface area contributed by atoms with Gasteiger partial charge in [0.05, 0.1) is 24.7 Å². The molecule has 0 saturated heterocycles. The molecule has 0 N–H and O–H groups in total. The van der Waals surface area contributed by atoms with E-state index in [1.165, 1.54) is 16.5 Å². The van der Waals surface area contributed by atoms with Crippen molar-refractivity contribution in [2.75, 3.05) is 0 Å². The molecule has 0 atom stereocenters. The van der Waals surface area contributed by atoms with Crippen molar-refractivity contribution in [2.45, 2.75) is 13.5 Å². The molecular formula is C17H14N4O2. The summed E-state index contributed by atoms with van der Waals surface area (Å²) in [7, 11) is 0. The van der Waals surface area contributed by atoms with Gasteiger partial charge in [-0.1, -0.05) is 17.7 Å². The first kappa shape index (κ1) is 13.5. The van der Waals surface area contributed by atoms with E-state index in [0.29, 0.717) is 23.3 Å². The molecule has 0 unspecified atom stereocenters. The summed E-state index contributed by atoms with van der Waals surface area (Å²) in [5.74, 6) is 0.708. The fraction of sp³-hybridized carbons (Fsp3) is 0.118. The van der Waals surface area contributed by atoms with Gasteiger partial charge in [-0.2, -0.15) is 5.10 Å². The molecule has 23 heavy (non-hydrogen) atoms. The lowest BCUT2D eigenvalue weighted by atomic mass is 10.2. The van der Waals surface area contributed by atoms with E-state index in [2.05, 4.69) is 10.1 Å². The second-order valence-corrected chi connectivity index (χ2v) is 5.39. The standard InChI is InChI=1S/C17H14N4O2/c1-12-4-6-13(7-5-12)21-16-15(9-19-21)17(22)20(11-18-16)10-14-3-2-8-23-14/h2-9,11H,10H2,1H3. The Hall–Kier alpha value is -3.15. The van der Waals surface area contributed by atoms with Crippen molar-refractivity contribution < 1.29 is 4.42 Å². The summed E-state index contributed by atoms with van der Waals surface area (Å²) in [5.41, 5.74) is 2.46. The smallest absolute Gasteiger partial charge is 0.264 e. The summed E-state index contributed by atoms with van der Waals surface area (Å²) in [4.78, 5) is 17.0. The number of aromatic nitrogens is 4. The third-order valence-electron chi connectivity index (χ3n) is 3.74. The van der Waals surface area contributed by atoms with Gasteiger partial charge in [-0.15, -0.1) is 0 Å². The number of furan rings is 1. The molecule has 0 spiro atoms. The zero-order chi connectivity index (χ0) is 15.8. The maximum atomic E-state index is 12.6. The summed E-state index contributed by atoms with van der Waals surface area (Å²) in [5, 5.41) is 4.80. The highest BCUT2D eigenvalue weighted by molar-refractivity contribution is 5.74. The SMILES string of the molecule is Cc1ccc(-n2ncc3c(=O)n(Cc4ccco4)cnc32)cc1. The molecule has 6 nitrogen and oxygen atoms in total. The Morgan fingerprint density at radius 1 is 1.17 bits per heavy atom. The molecule has 0 aliphatic heterocycles. The molecular weight excluding hydrogens is 292 g/mol. The molecule has 3 aromatic heterocycles. The first-order valence-corrected chi connectivity index (χ1v) is 7.25. The van der Waals surface area contributed by atoms with Crippen molar-refractivity contribution in [1.82, 2.24) is 19.3 Å². The molecule has 0 radical (unpaired) electrons. The normalized spacial score (nSPS) is 11.2. The van der Waals surface area contributed by atoms with Crippen molar-refractivity contribution >= 4 is 11.0 Å². The highest BCUT2D eigenvalue weighted by Gasteiger charge is 2.12. The molecule has 3 heterocycles. The first-order chi connectivity index (χ1) is 11.2. The molecule has 6 heteroatoms. The quantitative estimate of drug-likeness (QED) is 0.583. The van der Waals surface area contributed by atoms with Crippen LogP contribution in [0.2, 0.25) is 0 Å². The molecule has 0 saturated carbocycles. The number of nitrogens with zero attached hydrogens (tertiary/aromatic N) is 4. The van der Waals surface area contributed by atoms with Crippen LogP contribution < -0.4 is 5.56 Å². The van der Waals surface area contributed by atoms with Crippen molar-refractivity contribution in [2.24, 2.45) is 0 Å². The maximum absolute atomic E-state index is 12.6. The third kappa shape index (κ3) is 2.34. The topological polar surface area (TPSA) is 65.8 Å². The van der Waals surface area contributed by atoms with E-state index in [9.17, 15) is 4.79 Å². The summed E-state index contributed by atoms with van der Waals surface area (Å²) < 4.78 is 8.47. The van der Waals surface area contributed by atoms with Crippen LogP contribution in [0.25, 0.3) is 16.7 Å². The molecule has 0 amide bonds. The lowest BCUT2D eigenvalue weighted by molar-refractivity contribution is 0.489. The van der Waals surface area contributed by atoms with Crippen molar-refractivity contribution in [3.8, 4) is 5.69 Å². The Kier molecular flexibility index (Phi) is 3.08. The Labute approximate surface area is 131 Å². The fourth-order valence-electron chi connectivity index (χ4n) is 2.51. The Balaban J connectivity index is 1.80. The number of fused-ring (bicyclic) bond motifs is 1. The van der Waals surface area contributed by atoms with Crippen LogP contribution in [-0.2, 0) is 6.54 Å². The van der Waals surface area contributed by atoms with Gasteiger partial charge in [0, 0.05) is 0 Å². The van der Waals surface area contributed by atoms with Crippen LogP contribution in [-0.4, -0.2) is 19.3 Å². The van der Waals surface area contributed by atoms with Crippen molar-refractivity contribution in [1.29, 1.82) is 0 Å². The van der Waals surface area contributed by atoms with Crippen LogP contribution in [0.15, 0.2) is 64.4 Å². The average molecular weight is 306 g/mol. The second-order valence-electron chi connectivity index (χ2n) is 5.39. The van der Waals surface area contributed by atoms with E-state index in [4.69, 9.17) is 4.42 Å². The predicted molar refractivity (Wildman–Crippen MR) is 85.7 cm³/mol. The number of aryl methyl sites for hydroxylation is 1. The number of hydrogen-bond donors (Lipinski definition) is 0. The molecule has 4 aromatic rings. The third-order valence-corrected chi connectivity index (χ3v) is 3.74. The lowest BCUT2D eigenvalue weighted by Crippen LogP contribution is -2.20. The highest BCUT2D eigenvalue weighted by Crippen LogP contribution is 2.14. The summed E-state index contributed by atoms with van der Waals surface area (Å²) in [6, 6.07) is 11.5. The molecule has 0 bridgehead atoms. The Bertz CT molecular complexity index is 1010. The van der Waals surface area contributed by atoms with Crippen LogP contribution in [0.4, 0.5) is 0 Å². The van der Waals surface area contributed by atoms with Gasteiger partial charge in [0.25, 0.3) is 5.56 Å². The van der Waals surface area contributed by atoms with Crippen LogP contribution in [0.1, 0.15) is 11.3 Å². The minimum atomic E-state index is -0.134. The van der Waals surface area contributed by atoms with Gasteiger partial charge in [0.15, 0.2) is 5.65 Å². The lowest BCUT2D eigenvalue weighted by Gasteiger charge is -2.05. The van der Waals surface area contributed by atoms with Crippen LogP contribution in [0, 0.1) is 6.92 Å². The average Bonchev–Trinajstić information content (AvgIpc) is 3.21. The molecule has 0 aliphatic carbocycles. The van der Waals surface area contributed by atoms with Crippen molar-refractivity contribution in [3.05, 3.63) is 76.9 Å².